The van der Waals surface area contributed by atoms with Crippen LogP contribution in [0.4, 0.5) is 10.5 Å². The van der Waals surface area contributed by atoms with Crippen LogP contribution in [0, 0.1) is 0 Å². The van der Waals surface area contributed by atoms with Gasteiger partial charge in [0.2, 0.25) is 0 Å². The Morgan fingerprint density at radius 2 is 1.89 bits per heavy atom. The molecule has 1 aromatic carbocycles. The lowest BCUT2D eigenvalue weighted by atomic mass is 10.1. The van der Waals surface area contributed by atoms with Crippen LogP contribution < -0.4 is 16.4 Å². The predicted molar refractivity (Wildman–Crippen MR) is 75.6 cm³/mol. The van der Waals surface area contributed by atoms with E-state index in [0.29, 0.717) is 0 Å². The van der Waals surface area contributed by atoms with E-state index in [4.69, 9.17) is 5.73 Å². The molecule has 4 N–H and O–H groups in total. The topological polar surface area (TPSA) is 67.2 Å². The van der Waals surface area contributed by atoms with E-state index in [0.717, 1.165) is 24.1 Å². The van der Waals surface area contributed by atoms with Crippen LogP contribution in [0.25, 0.3) is 0 Å². The van der Waals surface area contributed by atoms with E-state index >= 15 is 0 Å². The van der Waals surface area contributed by atoms with Gasteiger partial charge in [0.1, 0.15) is 0 Å². The fourth-order valence-corrected chi connectivity index (χ4v) is 1.77. The van der Waals surface area contributed by atoms with Crippen LogP contribution in [0.15, 0.2) is 24.3 Å². The van der Waals surface area contributed by atoms with Gasteiger partial charge in [-0.2, -0.15) is 0 Å². The van der Waals surface area contributed by atoms with Gasteiger partial charge in [-0.25, -0.2) is 4.79 Å². The predicted octanol–water partition coefficient (Wildman–Crippen LogP) is 3.02. The molecule has 0 bridgehead atoms. The zero-order valence-corrected chi connectivity index (χ0v) is 11.4. The van der Waals surface area contributed by atoms with Gasteiger partial charge in [-0.15, -0.1) is 0 Å². The molecule has 1 aromatic rings. The molecule has 1 rings (SSSR count). The van der Waals surface area contributed by atoms with Crippen molar-refractivity contribution in [2.75, 3.05) is 5.32 Å². The minimum atomic E-state index is -0.163. The Morgan fingerprint density at radius 1 is 1.28 bits per heavy atom. The lowest BCUT2D eigenvalue weighted by molar-refractivity contribution is 0.248. The second-order valence-electron chi connectivity index (χ2n) is 4.70. The van der Waals surface area contributed by atoms with E-state index in [1.807, 2.05) is 38.1 Å². The number of urea groups is 1. The van der Waals surface area contributed by atoms with E-state index in [9.17, 15) is 4.79 Å². The summed E-state index contributed by atoms with van der Waals surface area (Å²) in [7, 11) is 0. The molecule has 2 atom stereocenters. The average molecular weight is 249 g/mol. The van der Waals surface area contributed by atoms with Crippen molar-refractivity contribution in [3.05, 3.63) is 29.8 Å². The van der Waals surface area contributed by atoms with Crippen molar-refractivity contribution < 1.29 is 4.79 Å². The van der Waals surface area contributed by atoms with Crippen molar-refractivity contribution in [1.29, 1.82) is 0 Å². The number of hydrogen-bond donors (Lipinski definition) is 3. The first kappa shape index (κ1) is 14.5. The molecule has 0 fully saturated rings. The van der Waals surface area contributed by atoms with Gasteiger partial charge < -0.3 is 16.4 Å². The Hall–Kier alpha value is -1.55. The molecule has 4 heteroatoms. The van der Waals surface area contributed by atoms with Crippen molar-refractivity contribution >= 4 is 11.7 Å². The quantitative estimate of drug-likeness (QED) is 0.751. The summed E-state index contributed by atoms with van der Waals surface area (Å²) in [5.41, 5.74) is 7.60. The maximum Gasteiger partial charge on any atom is 0.319 e. The van der Waals surface area contributed by atoms with Crippen molar-refractivity contribution in [2.45, 2.75) is 45.7 Å². The minimum Gasteiger partial charge on any atom is -0.335 e. The molecule has 0 saturated carbocycles. The summed E-state index contributed by atoms with van der Waals surface area (Å²) in [6.07, 6.45) is 2.04. The van der Waals surface area contributed by atoms with E-state index in [1.54, 1.807) is 0 Å². The number of anilines is 1. The molecule has 0 spiro atoms. The third kappa shape index (κ3) is 4.75. The van der Waals surface area contributed by atoms with Crippen LogP contribution in [0.5, 0.6) is 0 Å². The number of nitrogens with one attached hydrogen (secondary N) is 2. The molecule has 0 radical (unpaired) electrons. The highest BCUT2D eigenvalue weighted by atomic mass is 16.2. The smallest absolute Gasteiger partial charge is 0.319 e. The summed E-state index contributed by atoms with van der Waals surface area (Å²) in [5.74, 6) is 0. The minimum absolute atomic E-state index is 0.0115. The second kappa shape index (κ2) is 7.01. The van der Waals surface area contributed by atoms with Crippen molar-refractivity contribution in [3.63, 3.8) is 0 Å². The zero-order chi connectivity index (χ0) is 13.5. The molecule has 0 saturated heterocycles. The maximum atomic E-state index is 11.7. The van der Waals surface area contributed by atoms with Crippen molar-refractivity contribution in [2.24, 2.45) is 5.73 Å². The van der Waals surface area contributed by atoms with Crippen LogP contribution in [0.1, 0.15) is 45.2 Å². The molecule has 0 heterocycles. The van der Waals surface area contributed by atoms with Gasteiger partial charge in [-0.1, -0.05) is 25.5 Å². The van der Waals surface area contributed by atoms with Crippen LogP contribution in [-0.2, 0) is 0 Å². The maximum absolute atomic E-state index is 11.7. The van der Waals surface area contributed by atoms with Gasteiger partial charge in [0, 0.05) is 17.8 Å². The molecular formula is C14H23N3O. The van der Waals surface area contributed by atoms with E-state index < -0.39 is 0 Å². The molecule has 0 aliphatic heterocycles. The van der Waals surface area contributed by atoms with Gasteiger partial charge >= 0.3 is 6.03 Å². The highest BCUT2D eigenvalue weighted by Gasteiger charge is 2.06. The third-order valence-electron chi connectivity index (χ3n) is 2.79. The second-order valence-corrected chi connectivity index (χ2v) is 4.70. The number of rotatable bonds is 5. The standard InChI is InChI=1S/C14H23N3O/c1-4-5-10(2)16-14(18)17-13-8-6-12(7-9-13)11(3)15/h6-11H,4-5,15H2,1-3H3,(H2,16,17,18). The van der Waals surface area contributed by atoms with Crippen LogP contribution in [0.3, 0.4) is 0 Å². The molecule has 0 aromatic heterocycles. The summed E-state index contributed by atoms with van der Waals surface area (Å²) in [6.45, 7) is 6.03. The Kier molecular flexibility index (Phi) is 5.65. The van der Waals surface area contributed by atoms with Crippen LogP contribution >= 0.6 is 0 Å². The number of amides is 2. The molecule has 18 heavy (non-hydrogen) atoms. The van der Waals surface area contributed by atoms with Gasteiger partial charge in [0.05, 0.1) is 0 Å². The lowest BCUT2D eigenvalue weighted by Gasteiger charge is -2.14. The molecule has 2 unspecified atom stereocenters. The summed E-state index contributed by atoms with van der Waals surface area (Å²) in [5, 5.41) is 5.70. The number of carbonyl (C=O) groups is 1. The molecule has 0 aliphatic carbocycles. The molecule has 0 aliphatic rings. The van der Waals surface area contributed by atoms with E-state index in [-0.39, 0.29) is 18.1 Å². The van der Waals surface area contributed by atoms with Gasteiger partial charge in [-0.05, 0) is 38.0 Å². The normalized spacial score (nSPS) is 13.8. The Morgan fingerprint density at radius 3 is 2.39 bits per heavy atom. The third-order valence-corrected chi connectivity index (χ3v) is 2.79. The van der Waals surface area contributed by atoms with Gasteiger partial charge in [0.25, 0.3) is 0 Å². The highest BCUT2D eigenvalue weighted by Crippen LogP contribution is 2.14. The monoisotopic (exact) mass is 249 g/mol. The molecule has 2 amide bonds. The lowest BCUT2D eigenvalue weighted by Crippen LogP contribution is -2.35. The first-order valence-corrected chi connectivity index (χ1v) is 6.46. The molecule has 100 valence electrons. The van der Waals surface area contributed by atoms with Gasteiger partial charge in [0.15, 0.2) is 0 Å². The summed E-state index contributed by atoms with van der Waals surface area (Å²) in [6, 6.07) is 7.62. The Balaban J connectivity index is 2.49. The summed E-state index contributed by atoms with van der Waals surface area (Å²) >= 11 is 0. The number of carbonyl (C=O) groups excluding carboxylic acids is 1. The van der Waals surface area contributed by atoms with Crippen molar-refractivity contribution in [3.8, 4) is 0 Å². The molecular weight excluding hydrogens is 226 g/mol. The Bertz CT molecular complexity index is 373. The van der Waals surface area contributed by atoms with Crippen LogP contribution in [-0.4, -0.2) is 12.1 Å². The van der Waals surface area contributed by atoms with E-state index in [1.165, 1.54) is 0 Å². The average Bonchev–Trinajstić information content (AvgIpc) is 2.29. The van der Waals surface area contributed by atoms with Crippen LogP contribution in [0.2, 0.25) is 0 Å². The first-order chi connectivity index (χ1) is 8.52. The Labute approximate surface area is 109 Å². The SMILES string of the molecule is CCCC(C)NC(=O)Nc1ccc(C(C)N)cc1. The fourth-order valence-electron chi connectivity index (χ4n) is 1.77. The van der Waals surface area contributed by atoms with Crippen molar-refractivity contribution in [1.82, 2.24) is 5.32 Å². The van der Waals surface area contributed by atoms with E-state index in [2.05, 4.69) is 17.6 Å². The summed E-state index contributed by atoms with van der Waals surface area (Å²) in [4.78, 5) is 11.7. The number of benzene rings is 1. The largest absolute Gasteiger partial charge is 0.335 e. The fraction of sp³-hybridized carbons (Fsp3) is 0.500. The number of hydrogen-bond acceptors (Lipinski definition) is 2. The summed E-state index contributed by atoms with van der Waals surface area (Å²) < 4.78 is 0. The first-order valence-electron chi connectivity index (χ1n) is 6.46. The number of nitrogens with two attached hydrogens (primary N) is 1. The highest BCUT2D eigenvalue weighted by molar-refractivity contribution is 5.89. The molecule has 4 nitrogen and oxygen atoms in total. The zero-order valence-electron chi connectivity index (χ0n) is 11.4. The van der Waals surface area contributed by atoms with Gasteiger partial charge in [-0.3, -0.25) is 0 Å².